The summed E-state index contributed by atoms with van der Waals surface area (Å²) < 4.78 is 1.79. The van der Waals surface area contributed by atoms with Gasteiger partial charge in [-0.1, -0.05) is 24.3 Å². The van der Waals surface area contributed by atoms with Crippen LogP contribution in [0.25, 0.3) is 11.8 Å². The number of para-hydroxylation sites is 1. The molecule has 0 bridgehead atoms. The van der Waals surface area contributed by atoms with Crippen molar-refractivity contribution in [3.05, 3.63) is 78.6 Å². The molecule has 0 spiro atoms. The molecular weight excluding hydrogens is 336 g/mol. The summed E-state index contributed by atoms with van der Waals surface area (Å²) in [7, 11) is 0. The largest absolute Gasteiger partial charge is 0.371 e. The van der Waals surface area contributed by atoms with E-state index in [2.05, 4.69) is 21.4 Å². The lowest BCUT2D eigenvalue weighted by Crippen LogP contribution is -2.17. The lowest BCUT2D eigenvalue weighted by Gasteiger charge is -2.18. The van der Waals surface area contributed by atoms with E-state index in [4.69, 9.17) is 0 Å². The lowest BCUT2D eigenvalue weighted by atomic mass is 10.1. The molecule has 1 saturated heterocycles. The predicted molar refractivity (Wildman–Crippen MR) is 109 cm³/mol. The lowest BCUT2D eigenvalue weighted by molar-refractivity contribution is -0.111. The molecule has 0 saturated carbocycles. The third-order valence-corrected chi connectivity index (χ3v) is 4.69. The number of nitrogens with zero attached hydrogens (tertiary/aromatic N) is 3. The van der Waals surface area contributed by atoms with Crippen LogP contribution in [0.4, 0.5) is 11.4 Å². The van der Waals surface area contributed by atoms with Gasteiger partial charge in [0.25, 0.3) is 0 Å². The van der Waals surface area contributed by atoms with Gasteiger partial charge in [-0.05, 0) is 49.2 Å². The van der Waals surface area contributed by atoms with Gasteiger partial charge in [0.1, 0.15) is 0 Å². The van der Waals surface area contributed by atoms with Gasteiger partial charge in [0.05, 0.1) is 5.69 Å². The summed E-state index contributed by atoms with van der Waals surface area (Å²) in [4.78, 5) is 14.7. The third-order valence-electron chi connectivity index (χ3n) is 4.69. The first-order valence-corrected chi connectivity index (χ1v) is 9.23. The second-order valence-electron chi connectivity index (χ2n) is 6.58. The van der Waals surface area contributed by atoms with Gasteiger partial charge in [-0.2, -0.15) is 5.10 Å². The fourth-order valence-corrected chi connectivity index (χ4v) is 3.35. The Labute approximate surface area is 158 Å². The second kappa shape index (κ2) is 7.91. The number of hydrogen-bond donors (Lipinski definition) is 1. The van der Waals surface area contributed by atoms with Crippen molar-refractivity contribution in [1.82, 2.24) is 9.78 Å². The highest BCUT2D eigenvalue weighted by Gasteiger charge is 2.12. The zero-order valence-corrected chi connectivity index (χ0v) is 15.1. The second-order valence-corrected chi connectivity index (χ2v) is 6.58. The van der Waals surface area contributed by atoms with E-state index in [-0.39, 0.29) is 5.91 Å². The molecular formula is C22H22N4O. The van der Waals surface area contributed by atoms with E-state index in [1.54, 1.807) is 17.0 Å². The molecule has 2 aromatic carbocycles. The SMILES string of the molecule is O=C(C=Cc1ccccc1-n1cccn1)Nc1cccc(N2CCCC2)c1. The van der Waals surface area contributed by atoms with Crippen LogP contribution in [0, 0.1) is 0 Å². The molecule has 0 unspecified atom stereocenters. The van der Waals surface area contributed by atoms with Gasteiger partial charge in [0.2, 0.25) is 5.91 Å². The predicted octanol–water partition coefficient (Wildman–Crippen LogP) is 4.12. The maximum atomic E-state index is 12.4. The highest BCUT2D eigenvalue weighted by molar-refractivity contribution is 6.02. The van der Waals surface area contributed by atoms with Crippen LogP contribution in [0.3, 0.4) is 0 Å². The van der Waals surface area contributed by atoms with Gasteiger partial charge in [0, 0.05) is 48.5 Å². The normalized spacial score (nSPS) is 14.0. The number of amides is 1. The summed E-state index contributed by atoms with van der Waals surface area (Å²) in [6.07, 6.45) is 9.46. The van der Waals surface area contributed by atoms with Crippen LogP contribution in [-0.2, 0) is 4.79 Å². The summed E-state index contributed by atoms with van der Waals surface area (Å²) in [6.45, 7) is 2.17. The minimum absolute atomic E-state index is 0.149. The van der Waals surface area contributed by atoms with Crippen molar-refractivity contribution in [3.63, 3.8) is 0 Å². The molecule has 5 heteroatoms. The molecule has 27 heavy (non-hydrogen) atoms. The molecule has 0 aliphatic carbocycles. The van der Waals surface area contributed by atoms with Crippen LogP contribution in [0.2, 0.25) is 0 Å². The van der Waals surface area contributed by atoms with Crippen LogP contribution in [0.1, 0.15) is 18.4 Å². The molecule has 0 radical (unpaired) electrons. The number of benzene rings is 2. The third kappa shape index (κ3) is 4.08. The minimum atomic E-state index is -0.149. The molecule has 1 fully saturated rings. The van der Waals surface area contributed by atoms with Crippen molar-refractivity contribution in [1.29, 1.82) is 0 Å². The van der Waals surface area contributed by atoms with Crippen molar-refractivity contribution < 1.29 is 4.79 Å². The van der Waals surface area contributed by atoms with Crippen LogP contribution >= 0.6 is 0 Å². The monoisotopic (exact) mass is 358 g/mol. The van der Waals surface area contributed by atoms with Gasteiger partial charge in [0.15, 0.2) is 0 Å². The smallest absolute Gasteiger partial charge is 0.248 e. The van der Waals surface area contributed by atoms with Gasteiger partial charge < -0.3 is 10.2 Å². The fraction of sp³-hybridized carbons (Fsp3) is 0.182. The van der Waals surface area contributed by atoms with E-state index < -0.39 is 0 Å². The van der Waals surface area contributed by atoms with Crippen molar-refractivity contribution in [3.8, 4) is 5.69 Å². The van der Waals surface area contributed by atoms with Gasteiger partial charge >= 0.3 is 0 Å². The molecule has 1 amide bonds. The zero-order valence-electron chi connectivity index (χ0n) is 15.1. The number of hydrogen-bond acceptors (Lipinski definition) is 3. The fourth-order valence-electron chi connectivity index (χ4n) is 3.35. The van der Waals surface area contributed by atoms with Crippen molar-refractivity contribution in [2.45, 2.75) is 12.8 Å². The van der Waals surface area contributed by atoms with Crippen LogP contribution in [0.15, 0.2) is 73.1 Å². The van der Waals surface area contributed by atoms with Gasteiger partial charge in [-0.25, -0.2) is 4.68 Å². The molecule has 1 aliphatic heterocycles. The molecule has 1 aromatic heterocycles. The van der Waals surface area contributed by atoms with Gasteiger partial charge in [-0.3, -0.25) is 4.79 Å². The Hall–Kier alpha value is -3.34. The Balaban J connectivity index is 1.47. The van der Waals surface area contributed by atoms with Crippen LogP contribution in [0.5, 0.6) is 0 Å². The number of anilines is 2. The molecule has 5 nitrogen and oxygen atoms in total. The number of carbonyl (C=O) groups is 1. The highest BCUT2D eigenvalue weighted by Crippen LogP contribution is 2.23. The maximum Gasteiger partial charge on any atom is 0.248 e. The summed E-state index contributed by atoms with van der Waals surface area (Å²) in [6, 6.07) is 17.8. The Kier molecular flexibility index (Phi) is 5.01. The first kappa shape index (κ1) is 17.1. The van der Waals surface area contributed by atoms with Crippen molar-refractivity contribution in [2.75, 3.05) is 23.3 Å². The minimum Gasteiger partial charge on any atom is -0.371 e. The molecule has 4 rings (SSSR count). The van der Waals surface area contributed by atoms with E-state index in [0.717, 1.165) is 30.0 Å². The average Bonchev–Trinajstić information content (AvgIpc) is 3.41. The van der Waals surface area contributed by atoms with E-state index in [1.807, 2.05) is 60.8 Å². The first-order valence-electron chi connectivity index (χ1n) is 9.23. The standard InChI is InChI=1S/C22H22N4O/c27-22(24-19-8-5-9-20(17-19)25-14-3-4-15-25)12-11-18-7-1-2-10-21(18)26-16-6-13-23-26/h1-2,5-13,16-17H,3-4,14-15H2,(H,24,27). The van der Waals surface area contributed by atoms with E-state index in [0.29, 0.717) is 0 Å². The highest BCUT2D eigenvalue weighted by atomic mass is 16.1. The number of carbonyl (C=O) groups excluding carboxylic acids is 1. The molecule has 2 heterocycles. The summed E-state index contributed by atoms with van der Waals surface area (Å²) >= 11 is 0. The first-order chi connectivity index (χ1) is 13.3. The quantitative estimate of drug-likeness (QED) is 0.698. The van der Waals surface area contributed by atoms with E-state index in [9.17, 15) is 4.79 Å². The zero-order chi connectivity index (χ0) is 18.5. The molecule has 3 aromatic rings. The summed E-state index contributed by atoms with van der Waals surface area (Å²) in [5, 5.41) is 7.22. The van der Waals surface area contributed by atoms with Crippen molar-refractivity contribution >= 4 is 23.4 Å². The van der Waals surface area contributed by atoms with E-state index in [1.165, 1.54) is 18.5 Å². The Morgan fingerprint density at radius 3 is 2.70 bits per heavy atom. The number of rotatable bonds is 5. The maximum absolute atomic E-state index is 12.4. The summed E-state index contributed by atoms with van der Waals surface area (Å²) in [5.41, 5.74) is 3.84. The number of aromatic nitrogens is 2. The van der Waals surface area contributed by atoms with Crippen molar-refractivity contribution in [2.24, 2.45) is 0 Å². The Bertz CT molecular complexity index is 940. The topological polar surface area (TPSA) is 50.2 Å². The van der Waals surface area contributed by atoms with Crippen LogP contribution < -0.4 is 10.2 Å². The van der Waals surface area contributed by atoms with Gasteiger partial charge in [-0.15, -0.1) is 0 Å². The van der Waals surface area contributed by atoms with E-state index >= 15 is 0 Å². The molecule has 136 valence electrons. The molecule has 1 N–H and O–H groups in total. The molecule has 0 atom stereocenters. The molecule has 1 aliphatic rings. The Morgan fingerprint density at radius 2 is 1.89 bits per heavy atom. The van der Waals surface area contributed by atoms with Crippen LogP contribution in [-0.4, -0.2) is 28.8 Å². The number of nitrogens with one attached hydrogen (secondary N) is 1. The average molecular weight is 358 g/mol. The summed E-state index contributed by atoms with van der Waals surface area (Å²) in [5.74, 6) is -0.149. The Morgan fingerprint density at radius 1 is 1.04 bits per heavy atom.